The number of hydrogen-bond donors (Lipinski definition) is 1. The lowest BCUT2D eigenvalue weighted by Crippen LogP contribution is -2.52. The van der Waals surface area contributed by atoms with Crippen LogP contribution < -0.4 is 9.62 Å². The average molecular weight is 491 g/mol. The third-order valence-electron chi connectivity index (χ3n) is 5.21. The molecule has 0 spiro atoms. The molecule has 0 heterocycles. The summed E-state index contributed by atoms with van der Waals surface area (Å²) >= 11 is 0. The first-order valence-corrected chi connectivity index (χ1v) is 12.7. The third-order valence-corrected chi connectivity index (χ3v) is 6.35. The van der Waals surface area contributed by atoms with Gasteiger partial charge in [-0.05, 0) is 31.4 Å². The molecule has 2 aromatic carbocycles. The minimum absolute atomic E-state index is 0.00357. The highest BCUT2D eigenvalue weighted by molar-refractivity contribution is 7.92. The topological polar surface area (TPSA) is 130 Å². The molecule has 0 aliphatic heterocycles. The Morgan fingerprint density at radius 1 is 1.12 bits per heavy atom. The van der Waals surface area contributed by atoms with Crippen molar-refractivity contribution in [2.24, 2.45) is 0 Å². The van der Waals surface area contributed by atoms with Gasteiger partial charge in [0.2, 0.25) is 21.8 Å². The minimum Gasteiger partial charge on any atom is -0.354 e. The largest absolute Gasteiger partial charge is 0.354 e. The van der Waals surface area contributed by atoms with Gasteiger partial charge in [-0.1, -0.05) is 43.3 Å². The van der Waals surface area contributed by atoms with Gasteiger partial charge in [0, 0.05) is 25.2 Å². The SMILES string of the molecule is CCCNC(=O)C(C)N(CCc1ccccc1)C(=O)CN(c1cccc([N+](=O)[O-])c1)S(C)(=O)=O. The average Bonchev–Trinajstić information content (AvgIpc) is 2.80. The van der Waals surface area contributed by atoms with Gasteiger partial charge in [0.05, 0.1) is 16.9 Å². The zero-order chi connectivity index (χ0) is 25.3. The summed E-state index contributed by atoms with van der Waals surface area (Å²) in [5.74, 6) is -0.934. The van der Waals surface area contributed by atoms with Crippen LogP contribution in [0.15, 0.2) is 54.6 Å². The van der Waals surface area contributed by atoms with Gasteiger partial charge in [-0.25, -0.2) is 8.42 Å². The number of nitro groups is 1. The predicted molar refractivity (Wildman–Crippen MR) is 130 cm³/mol. The number of nitrogens with one attached hydrogen (secondary N) is 1. The summed E-state index contributed by atoms with van der Waals surface area (Å²) in [6.07, 6.45) is 2.11. The van der Waals surface area contributed by atoms with Gasteiger partial charge >= 0.3 is 0 Å². The fourth-order valence-electron chi connectivity index (χ4n) is 3.34. The first-order chi connectivity index (χ1) is 16.0. The number of carbonyl (C=O) groups excluding carboxylic acids is 2. The van der Waals surface area contributed by atoms with Crippen molar-refractivity contribution in [1.29, 1.82) is 0 Å². The number of hydrogen-bond acceptors (Lipinski definition) is 6. The molecule has 0 aromatic heterocycles. The van der Waals surface area contributed by atoms with Crippen LogP contribution in [0, 0.1) is 10.1 Å². The number of nitro benzene ring substituents is 1. The number of anilines is 1. The maximum atomic E-state index is 13.3. The van der Waals surface area contributed by atoms with Gasteiger partial charge in [-0.3, -0.25) is 24.0 Å². The maximum Gasteiger partial charge on any atom is 0.271 e. The molecule has 0 fully saturated rings. The molecule has 0 saturated carbocycles. The van der Waals surface area contributed by atoms with Gasteiger partial charge in [0.25, 0.3) is 5.69 Å². The fourth-order valence-corrected chi connectivity index (χ4v) is 4.18. The molecule has 0 bridgehead atoms. The zero-order valence-electron chi connectivity index (χ0n) is 19.5. The monoisotopic (exact) mass is 490 g/mol. The molecule has 184 valence electrons. The normalized spacial score (nSPS) is 12.0. The van der Waals surface area contributed by atoms with Gasteiger partial charge in [0.15, 0.2) is 0 Å². The number of non-ortho nitro benzene ring substituents is 1. The summed E-state index contributed by atoms with van der Waals surface area (Å²) in [4.78, 5) is 37.8. The summed E-state index contributed by atoms with van der Waals surface area (Å²) < 4.78 is 25.8. The molecule has 2 rings (SSSR count). The van der Waals surface area contributed by atoms with E-state index in [1.54, 1.807) is 6.92 Å². The molecule has 1 unspecified atom stereocenters. The Balaban J connectivity index is 2.33. The van der Waals surface area contributed by atoms with E-state index in [0.717, 1.165) is 28.6 Å². The number of sulfonamides is 1. The summed E-state index contributed by atoms with van der Waals surface area (Å²) in [5.41, 5.74) is 0.656. The zero-order valence-corrected chi connectivity index (χ0v) is 20.3. The summed E-state index contributed by atoms with van der Waals surface area (Å²) in [7, 11) is -3.95. The highest BCUT2D eigenvalue weighted by Crippen LogP contribution is 2.23. The van der Waals surface area contributed by atoms with Crippen LogP contribution in [0.2, 0.25) is 0 Å². The molecular weight excluding hydrogens is 460 g/mol. The molecule has 0 aliphatic rings. The molecule has 10 nitrogen and oxygen atoms in total. The van der Waals surface area contributed by atoms with E-state index in [1.807, 2.05) is 37.3 Å². The maximum absolute atomic E-state index is 13.3. The van der Waals surface area contributed by atoms with E-state index in [-0.39, 0.29) is 23.8 Å². The van der Waals surface area contributed by atoms with E-state index in [1.165, 1.54) is 23.1 Å². The van der Waals surface area contributed by atoms with Gasteiger partial charge in [-0.2, -0.15) is 0 Å². The molecule has 2 amide bonds. The van der Waals surface area contributed by atoms with Crippen molar-refractivity contribution in [3.05, 3.63) is 70.3 Å². The lowest BCUT2D eigenvalue weighted by molar-refractivity contribution is -0.384. The lowest BCUT2D eigenvalue weighted by Gasteiger charge is -2.31. The second kappa shape index (κ2) is 12.1. The van der Waals surface area contributed by atoms with Crippen LogP contribution in [-0.2, 0) is 26.0 Å². The summed E-state index contributed by atoms with van der Waals surface area (Å²) in [5, 5.41) is 13.9. The number of rotatable bonds is 12. The molecule has 11 heteroatoms. The van der Waals surface area contributed by atoms with E-state index in [2.05, 4.69) is 5.32 Å². The third kappa shape index (κ3) is 7.55. The molecule has 34 heavy (non-hydrogen) atoms. The van der Waals surface area contributed by atoms with Crippen molar-refractivity contribution < 1.29 is 22.9 Å². The molecule has 2 aromatic rings. The minimum atomic E-state index is -3.95. The van der Waals surface area contributed by atoms with Crippen LogP contribution in [0.1, 0.15) is 25.8 Å². The Morgan fingerprint density at radius 2 is 1.79 bits per heavy atom. The first-order valence-electron chi connectivity index (χ1n) is 10.9. The van der Waals surface area contributed by atoms with Gasteiger partial charge in [0.1, 0.15) is 12.6 Å². The van der Waals surface area contributed by atoms with E-state index in [0.29, 0.717) is 13.0 Å². The highest BCUT2D eigenvalue weighted by atomic mass is 32.2. The van der Waals surface area contributed by atoms with Crippen LogP contribution in [-0.4, -0.2) is 62.0 Å². The van der Waals surface area contributed by atoms with Crippen molar-refractivity contribution >= 4 is 33.2 Å². The quantitative estimate of drug-likeness (QED) is 0.359. The van der Waals surface area contributed by atoms with Crippen molar-refractivity contribution in [2.45, 2.75) is 32.7 Å². The first kappa shape index (κ1) is 26.8. The summed E-state index contributed by atoms with van der Waals surface area (Å²) in [6, 6.07) is 13.6. The standard InChI is InChI=1S/C23H30N4O6S/c1-4-14-24-23(29)18(2)25(15-13-19-9-6-5-7-10-19)22(28)17-26(34(3,32)33)20-11-8-12-21(16-20)27(30)31/h5-12,16,18H,4,13-15,17H2,1-3H3,(H,24,29). The van der Waals surface area contributed by atoms with E-state index < -0.39 is 33.4 Å². The molecule has 0 aliphatic carbocycles. The van der Waals surface area contributed by atoms with E-state index in [4.69, 9.17) is 0 Å². The van der Waals surface area contributed by atoms with Crippen molar-refractivity contribution in [3.8, 4) is 0 Å². The smallest absolute Gasteiger partial charge is 0.271 e. The molecule has 1 atom stereocenters. The second-order valence-corrected chi connectivity index (χ2v) is 9.74. The molecule has 0 saturated heterocycles. The number of benzene rings is 2. The van der Waals surface area contributed by atoms with Crippen LogP contribution in [0.4, 0.5) is 11.4 Å². The Kier molecular flexibility index (Phi) is 9.55. The van der Waals surface area contributed by atoms with Crippen LogP contribution in [0.3, 0.4) is 0 Å². The van der Waals surface area contributed by atoms with Crippen LogP contribution in [0.25, 0.3) is 0 Å². The van der Waals surface area contributed by atoms with Crippen molar-refractivity contribution in [2.75, 3.05) is 30.2 Å². The lowest BCUT2D eigenvalue weighted by atomic mass is 10.1. The van der Waals surface area contributed by atoms with Crippen LogP contribution >= 0.6 is 0 Å². The number of amides is 2. The van der Waals surface area contributed by atoms with E-state index in [9.17, 15) is 28.1 Å². The highest BCUT2D eigenvalue weighted by Gasteiger charge is 2.30. The van der Waals surface area contributed by atoms with Crippen LogP contribution in [0.5, 0.6) is 0 Å². The number of carbonyl (C=O) groups is 2. The summed E-state index contributed by atoms with van der Waals surface area (Å²) in [6.45, 7) is 3.54. The predicted octanol–water partition coefficient (Wildman–Crippen LogP) is 2.35. The van der Waals surface area contributed by atoms with Gasteiger partial charge < -0.3 is 10.2 Å². The van der Waals surface area contributed by atoms with E-state index >= 15 is 0 Å². The number of nitrogens with zero attached hydrogens (tertiary/aromatic N) is 3. The Labute approximate surface area is 199 Å². The molecule has 1 N–H and O–H groups in total. The second-order valence-electron chi connectivity index (χ2n) is 7.84. The fraction of sp³-hybridized carbons (Fsp3) is 0.391. The Bertz CT molecular complexity index is 1110. The molecule has 0 radical (unpaired) electrons. The Hall–Kier alpha value is -3.47. The van der Waals surface area contributed by atoms with Crippen molar-refractivity contribution in [1.82, 2.24) is 10.2 Å². The van der Waals surface area contributed by atoms with Crippen molar-refractivity contribution in [3.63, 3.8) is 0 Å². The molecular formula is C23H30N4O6S. The van der Waals surface area contributed by atoms with Gasteiger partial charge in [-0.15, -0.1) is 0 Å². The Morgan fingerprint density at radius 3 is 2.38 bits per heavy atom.